The average Bonchev–Trinajstić information content (AvgIpc) is 2.42. The zero-order chi connectivity index (χ0) is 14.7. The van der Waals surface area contributed by atoms with Crippen LogP contribution in [0.15, 0.2) is 36.4 Å². The molecule has 0 saturated heterocycles. The first-order valence-electron chi connectivity index (χ1n) is 6.51. The minimum Gasteiger partial charge on any atom is -0.310 e. The van der Waals surface area contributed by atoms with Crippen molar-refractivity contribution >= 4 is 23.2 Å². The fourth-order valence-corrected chi connectivity index (χ4v) is 2.54. The van der Waals surface area contributed by atoms with E-state index in [9.17, 15) is 4.39 Å². The van der Waals surface area contributed by atoms with E-state index in [0.717, 1.165) is 12.1 Å². The van der Waals surface area contributed by atoms with E-state index in [1.54, 1.807) is 24.3 Å². The molecule has 0 fully saturated rings. The summed E-state index contributed by atoms with van der Waals surface area (Å²) in [7, 11) is 0. The molecule has 0 radical (unpaired) electrons. The first kappa shape index (κ1) is 15.3. The number of benzene rings is 2. The molecule has 2 rings (SSSR count). The Hall–Kier alpha value is -1.09. The smallest absolute Gasteiger partial charge is 0.131 e. The van der Waals surface area contributed by atoms with Gasteiger partial charge in [0.2, 0.25) is 0 Å². The SMILES string of the molecule is CCNC(C)c1ccc(F)c(-c2cc(Cl)ccc2Cl)c1. The first-order chi connectivity index (χ1) is 9.52. The Labute approximate surface area is 128 Å². The molecule has 2 aromatic carbocycles. The summed E-state index contributed by atoms with van der Waals surface area (Å²) in [6.45, 7) is 4.93. The average molecular weight is 312 g/mol. The van der Waals surface area contributed by atoms with Gasteiger partial charge < -0.3 is 5.32 Å². The highest BCUT2D eigenvalue weighted by atomic mass is 35.5. The van der Waals surface area contributed by atoms with Crippen LogP contribution in [0.3, 0.4) is 0 Å². The van der Waals surface area contributed by atoms with Gasteiger partial charge in [0.1, 0.15) is 5.82 Å². The largest absolute Gasteiger partial charge is 0.310 e. The van der Waals surface area contributed by atoms with Crippen molar-refractivity contribution in [3.05, 3.63) is 57.8 Å². The molecular formula is C16H16Cl2FN. The van der Waals surface area contributed by atoms with Crippen molar-refractivity contribution in [3.63, 3.8) is 0 Å². The molecule has 4 heteroatoms. The second kappa shape index (κ2) is 6.57. The highest BCUT2D eigenvalue weighted by molar-refractivity contribution is 6.35. The maximum absolute atomic E-state index is 14.1. The fourth-order valence-electron chi connectivity index (χ4n) is 2.15. The van der Waals surface area contributed by atoms with Gasteiger partial charge in [-0.2, -0.15) is 0 Å². The molecule has 20 heavy (non-hydrogen) atoms. The zero-order valence-electron chi connectivity index (χ0n) is 11.4. The van der Waals surface area contributed by atoms with Gasteiger partial charge in [-0.15, -0.1) is 0 Å². The molecule has 1 unspecified atom stereocenters. The predicted molar refractivity (Wildman–Crippen MR) is 83.9 cm³/mol. The number of halogens is 3. The number of hydrogen-bond acceptors (Lipinski definition) is 1. The number of hydrogen-bond donors (Lipinski definition) is 1. The highest BCUT2D eigenvalue weighted by Crippen LogP contribution is 2.33. The van der Waals surface area contributed by atoms with E-state index in [1.165, 1.54) is 6.07 Å². The van der Waals surface area contributed by atoms with Gasteiger partial charge in [-0.25, -0.2) is 4.39 Å². The van der Waals surface area contributed by atoms with Gasteiger partial charge in [0.25, 0.3) is 0 Å². The van der Waals surface area contributed by atoms with Crippen molar-refractivity contribution in [1.29, 1.82) is 0 Å². The number of nitrogens with one attached hydrogen (secondary N) is 1. The van der Waals surface area contributed by atoms with Crippen molar-refractivity contribution in [1.82, 2.24) is 5.32 Å². The molecule has 2 aromatic rings. The fraction of sp³-hybridized carbons (Fsp3) is 0.250. The molecule has 106 valence electrons. The van der Waals surface area contributed by atoms with Crippen LogP contribution in [-0.2, 0) is 0 Å². The van der Waals surface area contributed by atoms with Crippen LogP contribution in [0.1, 0.15) is 25.5 Å². The van der Waals surface area contributed by atoms with Gasteiger partial charge in [0.15, 0.2) is 0 Å². The Kier molecular flexibility index (Phi) is 5.03. The van der Waals surface area contributed by atoms with E-state index in [-0.39, 0.29) is 11.9 Å². The van der Waals surface area contributed by atoms with E-state index in [0.29, 0.717) is 21.2 Å². The molecule has 0 aliphatic carbocycles. The van der Waals surface area contributed by atoms with Crippen LogP contribution in [0.25, 0.3) is 11.1 Å². The molecule has 1 nitrogen and oxygen atoms in total. The van der Waals surface area contributed by atoms with Crippen LogP contribution in [0.5, 0.6) is 0 Å². The Bertz CT molecular complexity index is 613. The van der Waals surface area contributed by atoms with Gasteiger partial charge in [-0.05, 0) is 49.4 Å². The van der Waals surface area contributed by atoms with E-state index >= 15 is 0 Å². The third-order valence-corrected chi connectivity index (χ3v) is 3.78. The summed E-state index contributed by atoms with van der Waals surface area (Å²) in [6, 6.07) is 10.3. The zero-order valence-corrected chi connectivity index (χ0v) is 12.9. The second-order valence-electron chi connectivity index (χ2n) is 4.64. The lowest BCUT2D eigenvalue weighted by atomic mass is 9.99. The summed E-state index contributed by atoms with van der Waals surface area (Å²) in [5.74, 6) is -0.304. The molecule has 1 atom stereocenters. The lowest BCUT2D eigenvalue weighted by Gasteiger charge is -2.15. The van der Waals surface area contributed by atoms with Gasteiger partial charge in [-0.1, -0.05) is 36.2 Å². The molecule has 0 spiro atoms. The topological polar surface area (TPSA) is 12.0 Å². The van der Waals surface area contributed by atoms with Crippen molar-refractivity contribution in [3.8, 4) is 11.1 Å². The van der Waals surface area contributed by atoms with Crippen molar-refractivity contribution in [2.75, 3.05) is 6.54 Å². The molecule has 1 N–H and O–H groups in total. The molecule has 0 heterocycles. The van der Waals surface area contributed by atoms with E-state index in [2.05, 4.69) is 5.32 Å². The van der Waals surface area contributed by atoms with Crippen LogP contribution >= 0.6 is 23.2 Å². The van der Waals surface area contributed by atoms with Crippen LogP contribution in [0.2, 0.25) is 10.0 Å². The maximum atomic E-state index is 14.1. The standard InChI is InChI=1S/C16H16Cl2FN/c1-3-20-10(2)11-4-7-16(19)14(8-11)13-9-12(17)5-6-15(13)18/h4-10,20H,3H2,1-2H3. The van der Waals surface area contributed by atoms with Crippen LogP contribution in [0, 0.1) is 5.82 Å². The van der Waals surface area contributed by atoms with Crippen LogP contribution < -0.4 is 5.32 Å². The summed E-state index contributed by atoms with van der Waals surface area (Å²) in [4.78, 5) is 0. The van der Waals surface area contributed by atoms with Gasteiger partial charge >= 0.3 is 0 Å². The summed E-state index contributed by atoms with van der Waals surface area (Å²) >= 11 is 12.1. The normalized spacial score (nSPS) is 12.4. The summed E-state index contributed by atoms with van der Waals surface area (Å²) in [6.07, 6.45) is 0. The molecule has 0 aromatic heterocycles. The lowest BCUT2D eigenvalue weighted by molar-refractivity contribution is 0.593. The van der Waals surface area contributed by atoms with E-state index < -0.39 is 0 Å². The van der Waals surface area contributed by atoms with Crippen LogP contribution in [-0.4, -0.2) is 6.54 Å². The van der Waals surface area contributed by atoms with Crippen molar-refractivity contribution < 1.29 is 4.39 Å². The predicted octanol–water partition coefficient (Wildman–Crippen LogP) is 5.47. The van der Waals surface area contributed by atoms with Crippen molar-refractivity contribution in [2.24, 2.45) is 0 Å². The third-order valence-electron chi connectivity index (χ3n) is 3.22. The summed E-state index contributed by atoms with van der Waals surface area (Å²) in [5.41, 5.74) is 2.10. The Balaban J connectivity index is 2.50. The Morgan fingerprint density at radius 3 is 2.55 bits per heavy atom. The van der Waals surface area contributed by atoms with Crippen molar-refractivity contribution in [2.45, 2.75) is 19.9 Å². The molecule has 0 bridgehead atoms. The summed E-state index contributed by atoms with van der Waals surface area (Å²) in [5, 5.41) is 4.33. The molecular weight excluding hydrogens is 296 g/mol. The summed E-state index contributed by atoms with van der Waals surface area (Å²) < 4.78 is 14.1. The maximum Gasteiger partial charge on any atom is 0.131 e. The van der Waals surface area contributed by atoms with E-state index in [4.69, 9.17) is 23.2 Å². The molecule has 0 amide bonds. The second-order valence-corrected chi connectivity index (χ2v) is 5.49. The Morgan fingerprint density at radius 1 is 1.10 bits per heavy atom. The van der Waals surface area contributed by atoms with Gasteiger partial charge in [-0.3, -0.25) is 0 Å². The minimum absolute atomic E-state index is 0.150. The molecule has 0 aliphatic heterocycles. The molecule has 0 saturated carbocycles. The number of rotatable bonds is 4. The van der Waals surface area contributed by atoms with Crippen LogP contribution in [0.4, 0.5) is 4.39 Å². The Morgan fingerprint density at radius 2 is 1.85 bits per heavy atom. The third kappa shape index (κ3) is 3.32. The first-order valence-corrected chi connectivity index (χ1v) is 7.26. The highest BCUT2D eigenvalue weighted by Gasteiger charge is 2.13. The minimum atomic E-state index is -0.304. The van der Waals surface area contributed by atoms with Gasteiger partial charge in [0.05, 0.1) is 0 Å². The monoisotopic (exact) mass is 311 g/mol. The van der Waals surface area contributed by atoms with E-state index in [1.807, 2.05) is 19.9 Å². The quantitative estimate of drug-likeness (QED) is 0.789. The van der Waals surface area contributed by atoms with Gasteiger partial charge in [0, 0.05) is 27.2 Å². The molecule has 0 aliphatic rings. The lowest BCUT2D eigenvalue weighted by Crippen LogP contribution is -2.17.